The second-order valence-electron chi connectivity index (χ2n) is 5.46. The topological polar surface area (TPSA) is 34.2 Å². The molecule has 1 aromatic heterocycles. The van der Waals surface area contributed by atoms with E-state index in [9.17, 15) is 0 Å². The van der Waals surface area contributed by atoms with Crippen molar-refractivity contribution in [3.63, 3.8) is 0 Å². The maximum atomic E-state index is 5.74. The summed E-state index contributed by atoms with van der Waals surface area (Å²) in [4.78, 5) is 2.56. The molecule has 102 valence electrons. The molecule has 2 aromatic rings. The van der Waals surface area contributed by atoms with Gasteiger partial charge in [0, 0.05) is 36.2 Å². The van der Waals surface area contributed by atoms with Gasteiger partial charge in [0.25, 0.3) is 0 Å². The van der Waals surface area contributed by atoms with Gasteiger partial charge >= 0.3 is 0 Å². The lowest BCUT2D eigenvalue weighted by molar-refractivity contribution is 0.322. The third-order valence-corrected chi connectivity index (χ3v) is 4.19. The predicted octanol–water partition coefficient (Wildman–Crippen LogP) is 2.72. The molecule has 2 heterocycles. The summed E-state index contributed by atoms with van der Waals surface area (Å²) >= 11 is 0. The average Bonchev–Trinajstić information content (AvgIpc) is 3.05. The summed E-state index contributed by atoms with van der Waals surface area (Å²) < 4.78 is 2.44. The van der Waals surface area contributed by atoms with E-state index < -0.39 is 0 Å². The fraction of sp³-hybridized carbons (Fsp3) is 0.500. The normalized spacial score (nSPS) is 16.5. The van der Waals surface area contributed by atoms with E-state index in [1.165, 1.54) is 48.1 Å². The van der Waals surface area contributed by atoms with Crippen molar-refractivity contribution < 1.29 is 0 Å². The molecule has 0 radical (unpaired) electrons. The van der Waals surface area contributed by atoms with E-state index in [0.29, 0.717) is 6.54 Å². The van der Waals surface area contributed by atoms with E-state index in [2.05, 4.69) is 40.7 Å². The van der Waals surface area contributed by atoms with Crippen molar-refractivity contribution in [2.24, 2.45) is 5.73 Å². The van der Waals surface area contributed by atoms with Gasteiger partial charge in [-0.25, -0.2) is 0 Å². The number of nitrogens with two attached hydrogens (primary N) is 1. The Balaban J connectivity index is 1.97. The van der Waals surface area contributed by atoms with Crippen LogP contribution in [-0.2, 0) is 19.6 Å². The second kappa shape index (κ2) is 5.35. The predicted molar refractivity (Wildman–Crippen MR) is 80.0 cm³/mol. The van der Waals surface area contributed by atoms with Crippen LogP contribution in [0.5, 0.6) is 0 Å². The third-order valence-electron chi connectivity index (χ3n) is 4.19. The molecule has 0 atom stereocenters. The van der Waals surface area contributed by atoms with Gasteiger partial charge in [-0.05, 0) is 56.6 Å². The molecule has 1 fully saturated rings. The van der Waals surface area contributed by atoms with Gasteiger partial charge in [0.1, 0.15) is 0 Å². The van der Waals surface area contributed by atoms with Crippen LogP contribution in [0.25, 0.3) is 10.9 Å². The van der Waals surface area contributed by atoms with Gasteiger partial charge in [-0.15, -0.1) is 0 Å². The number of likely N-dealkylation sites (tertiary alicyclic amines) is 1. The standard InChI is InChI=1S/C16H23N3/c1-2-19-15(12-18-7-3-4-8-18)10-14-9-13(11-17)5-6-16(14)19/h5-6,9-10H,2-4,7-8,11-12,17H2,1H3. The van der Waals surface area contributed by atoms with Crippen molar-refractivity contribution in [2.75, 3.05) is 13.1 Å². The molecule has 3 rings (SSSR count). The first-order valence-electron chi connectivity index (χ1n) is 7.35. The van der Waals surface area contributed by atoms with Crippen LogP contribution < -0.4 is 5.73 Å². The quantitative estimate of drug-likeness (QED) is 0.914. The number of benzene rings is 1. The van der Waals surface area contributed by atoms with Crippen LogP contribution in [0.1, 0.15) is 31.0 Å². The summed E-state index contributed by atoms with van der Waals surface area (Å²) in [6.07, 6.45) is 2.70. The Labute approximate surface area is 115 Å². The van der Waals surface area contributed by atoms with Gasteiger partial charge < -0.3 is 10.3 Å². The molecule has 0 amide bonds. The highest BCUT2D eigenvalue weighted by Crippen LogP contribution is 2.23. The Bertz CT molecular complexity index is 565. The van der Waals surface area contributed by atoms with Gasteiger partial charge in [-0.1, -0.05) is 6.07 Å². The fourth-order valence-corrected chi connectivity index (χ4v) is 3.18. The van der Waals surface area contributed by atoms with Crippen molar-refractivity contribution in [3.8, 4) is 0 Å². The Morgan fingerprint density at radius 1 is 1.16 bits per heavy atom. The van der Waals surface area contributed by atoms with Crippen molar-refractivity contribution in [1.82, 2.24) is 9.47 Å². The molecule has 2 N–H and O–H groups in total. The average molecular weight is 257 g/mol. The molecule has 0 aliphatic carbocycles. The number of aryl methyl sites for hydroxylation is 1. The molecular formula is C16H23N3. The Kier molecular flexibility index (Phi) is 3.58. The summed E-state index contributed by atoms with van der Waals surface area (Å²) in [5.74, 6) is 0. The lowest BCUT2D eigenvalue weighted by Crippen LogP contribution is -2.20. The van der Waals surface area contributed by atoms with E-state index in [-0.39, 0.29) is 0 Å². The highest BCUT2D eigenvalue weighted by atomic mass is 15.2. The minimum Gasteiger partial charge on any atom is -0.344 e. The van der Waals surface area contributed by atoms with Gasteiger partial charge in [-0.3, -0.25) is 4.90 Å². The number of hydrogen-bond acceptors (Lipinski definition) is 2. The van der Waals surface area contributed by atoms with Crippen LogP contribution in [0.4, 0.5) is 0 Å². The second-order valence-corrected chi connectivity index (χ2v) is 5.46. The summed E-state index contributed by atoms with van der Waals surface area (Å²) in [5, 5.41) is 1.33. The molecule has 1 saturated heterocycles. The SMILES string of the molecule is CCn1c(CN2CCCC2)cc2cc(CN)ccc21. The van der Waals surface area contributed by atoms with E-state index in [1.54, 1.807) is 0 Å². The number of nitrogens with zero attached hydrogens (tertiary/aromatic N) is 2. The van der Waals surface area contributed by atoms with Crippen LogP contribution in [0.3, 0.4) is 0 Å². The van der Waals surface area contributed by atoms with Crippen LogP contribution in [-0.4, -0.2) is 22.6 Å². The van der Waals surface area contributed by atoms with Crippen LogP contribution in [0, 0.1) is 0 Å². The van der Waals surface area contributed by atoms with Gasteiger partial charge in [0.2, 0.25) is 0 Å². The lowest BCUT2D eigenvalue weighted by atomic mass is 10.1. The minimum atomic E-state index is 0.620. The van der Waals surface area contributed by atoms with Gasteiger partial charge in [0.15, 0.2) is 0 Å². The maximum absolute atomic E-state index is 5.74. The van der Waals surface area contributed by atoms with Crippen LogP contribution in [0.2, 0.25) is 0 Å². The lowest BCUT2D eigenvalue weighted by Gasteiger charge is -2.16. The number of aromatic nitrogens is 1. The highest BCUT2D eigenvalue weighted by Gasteiger charge is 2.15. The zero-order valence-corrected chi connectivity index (χ0v) is 11.7. The first-order chi connectivity index (χ1) is 9.31. The van der Waals surface area contributed by atoms with E-state index in [1.807, 2.05) is 0 Å². The smallest absolute Gasteiger partial charge is 0.0483 e. The molecule has 1 aliphatic rings. The molecule has 1 aromatic carbocycles. The molecular weight excluding hydrogens is 234 g/mol. The number of rotatable bonds is 4. The maximum Gasteiger partial charge on any atom is 0.0483 e. The Morgan fingerprint density at radius 2 is 1.95 bits per heavy atom. The fourth-order valence-electron chi connectivity index (χ4n) is 3.18. The van der Waals surface area contributed by atoms with Crippen molar-refractivity contribution in [3.05, 3.63) is 35.5 Å². The molecule has 3 nitrogen and oxygen atoms in total. The van der Waals surface area contributed by atoms with Gasteiger partial charge in [-0.2, -0.15) is 0 Å². The number of fused-ring (bicyclic) bond motifs is 1. The van der Waals surface area contributed by atoms with Crippen LogP contribution in [0.15, 0.2) is 24.3 Å². The zero-order valence-electron chi connectivity index (χ0n) is 11.7. The first-order valence-corrected chi connectivity index (χ1v) is 7.35. The number of hydrogen-bond donors (Lipinski definition) is 1. The van der Waals surface area contributed by atoms with Crippen LogP contribution >= 0.6 is 0 Å². The van der Waals surface area contributed by atoms with Crippen molar-refractivity contribution in [1.29, 1.82) is 0 Å². The minimum absolute atomic E-state index is 0.620. The molecule has 0 unspecified atom stereocenters. The van der Waals surface area contributed by atoms with Gasteiger partial charge in [0.05, 0.1) is 0 Å². The Hall–Kier alpha value is -1.32. The molecule has 0 saturated carbocycles. The van der Waals surface area contributed by atoms with E-state index >= 15 is 0 Å². The zero-order chi connectivity index (χ0) is 13.2. The van der Waals surface area contributed by atoms with Crippen molar-refractivity contribution in [2.45, 2.75) is 39.4 Å². The molecule has 1 aliphatic heterocycles. The third kappa shape index (κ3) is 2.40. The Morgan fingerprint density at radius 3 is 2.63 bits per heavy atom. The summed E-state index contributed by atoms with van der Waals surface area (Å²) in [6.45, 7) is 7.46. The molecule has 0 spiro atoms. The summed E-state index contributed by atoms with van der Waals surface area (Å²) in [7, 11) is 0. The first kappa shape index (κ1) is 12.7. The van der Waals surface area contributed by atoms with Crippen molar-refractivity contribution >= 4 is 10.9 Å². The summed E-state index contributed by atoms with van der Waals surface area (Å²) in [6, 6.07) is 8.94. The molecule has 19 heavy (non-hydrogen) atoms. The largest absolute Gasteiger partial charge is 0.344 e. The molecule has 3 heteroatoms. The highest BCUT2D eigenvalue weighted by molar-refractivity contribution is 5.82. The summed E-state index contributed by atoms with van der Waals surface area (Å²) in [5.41, 5.74) is 9.73. The van der Waals surface area contributed by atoms with E-state index in [4.69, 9.17) is 5.73 Å². The monoisotopic (exact) mass is 257 g/mol. The molecule has 0 bridgehead atoms. The van der Waals surface area contributed by atoms with E-state index in [0.717, 1.165) is 13.1 Å².